The fourth-order valence-electron chi connectivity index (χ4n) is 2.44. The number of benzene rings is 1. The van der Waals surface area contributed by atoms with Crippen molar-refractivity contribution in [2.45, 2.75) is 58.6 Å². The van der Waals surface area contributed by atoms with Crippen LogP contribution < -0.4 is 15.4 Å². The maximum atomic E-state index is 12.8. The number of alkyl carbamates (subject to hydrolysis) is 1. The molecule has 1 aromatic rings. The molecule has 0 unspecified atom stereocenters. The van der Waals surface area contributed by atoms with Crippen LogP contribution in [0.1, 0.15) is 57.8 Å². The summed E-state index contributed by atoms with van der Waals surface area (Å²) in [5.41, 5.74) is -0.788. The van der Waals surface area contributed by atoms with Crippen molar-refractivity contribution in [3.63, 3.8) is 0 Å². The fraction of sp³-hybridized carbons (Fsp3) is 0.579. The van der Waals surface area contributed by atoms with Crippen LogP contribution in [0.2, 0.25) is 5.02 Å². The molecule has 0 fully saturated rings. The van der Waals surface area contributed by atoms with Crippen LogP contribution in [0, 0.1) is 0 Å². The Labute approximate surface area is 160 Å². The third-order valence-electron chi connectivity index (χ3n) is 4.11. The Hall–Kier alpha value is -1.95. The molecule has 1 rings (SSSR count). The first-order valence-electron chi connectivity index (χ1n) is 8.68. The Morgan fingerprint density at radius 3 is 2.27 bits per heavy atom. The summed E-state index contributed by atoms with van der Waals surface area (Å²) in [6, 6.07) is 4.85. The van der Waals surface area contributed by atoms with E-state index in [0.29, 0.717) is 29.2 Å². The van der Waals surface area contributed by atoms with Crippen molar-refractivity contribution < 1.29 is 19.1 Å². The number of hydrogen-bond donors (Lipinski definition) is 2. The van der Waals surface area contributed by atoms with Crippen molar-refractivity contribution in [1.82, 2.24) is 10.6 Å². The molecular formula is C19H29ClN2O4. The number of methoxy groups -OCH3 is 1. The number of carbonyl (C=O) groups excluding carboxylic acids is 2. The monoisotopic (exact) mass is 384 g/mol. The summed E-state index contributed by atoms with van der Waals surface area (Å²) in [7, 11) is 1.49. The summed E-state index contributed by atoms with van der Waals surface area (Å²) >= 11 is 5.95. The van der Waals surface area contributed by atoms with Crippen molar-refractivity contribution >= 4 is 23.6 Å². The summed E-state index contributed by atoms with van der Waals surface area (Å²) in [6.07, 6.45) is 0.768. The lowest BCUT2D eigenvalue weighted by molar-refractivity contribution is 0.0501. The van der Waals surface area contributed by atoms with Gasteiger partial charge in [-0.15, -0.1) is 0 Å². The van der Waals surface area contributed by atoms with E-state index in [4.69, 9.17) is 21.1 Å². The molecule has 0 saturated carbocycles. The largest absolute Gasteiger partial charge is 0.496 e. The molecule has 6 nitrogen and oxygen atoms in total. The lowest BCUT2D eigenvalue weighted by atomic mass is 9.92. The van der Waals surface area contributed by atoms with Gasteiger partial charge in [-0.2, -0.15) is 0 Å². The van der Waals surface area contributed by atoms with Crippen LogP contribution in [0.4, 0.5) is 4.79 Å². The quantitative estimate of drug-likeness (QED) is 0.739. The Kier molecular flexibility index (Phi) is 7.75. The molecule has 0 aromatic heterocycles. The molecule has 0 radical (unpaired) electrons. The van der Waals surface area contributed by atoms with Crippen molar-refractivity contribution in [3.8, 4) is 5.75 Å². The Balaban J connectivity index is 2.89. The molecule has 0 aliphatic carbocycles. The average molecular weight is 385 g/mol. The van der Waals surface area contributed by atoms with Gasteiger partial charge in [-0.05, 0) is 51.8 Å². The van der Waals surface area contributed by atoms with Crippen LogP contribution in [-0.2, 0) is 4.74 Å². The Morgan fingerprint density at radius 1 is 1.15 bits per heavy atom. The number of rotatable bonds is 7. The van der Waals surface area contributed by atoms with Crippen molar-refractivity contribution in [2.24, 2.45) is 0 Å². The molecular weight excluding hydrogens is 356 g/mol. The van der Waals surface area contributed by atoms with E-state index in [-0.39, 0.29) is 12.5 Å². The molecule has 0 heterocycles. The number of ether oxygens (including phenoxy) is 2. The van der Waals surface area contributed by atoms with Gasteiger partial charge in [0.15, 0.2) is 0 Å². The molecule has 0 aliphatic heterocycles. The summed E-state index contributed by atoms with van der Waals surface area (Å²) in [5, 5.41) is 6.26. The zero-order valence-corrected chi connectivity index (χ0v) is 17.1. The van der Waals surface area contributed by atoms with Crippen LogP contribution in [0.25, 0.3) is 0 Å². The van der Waals surface area contributed by atoms with Crippen LogP contribution in [-0.4, -0.2) is 36.8 Å². The summed E-state index contributed by atoms with van der Waals surface area (Å²) in [5.74, 6) is 0.115. The van der Waals surface area contributed by atoms with E-state index in [0.717, 1.165) is 0 Å². The maximum Gasteiger partial charge on any atom is 0.407 e. The molecule has 0 atom stereocenters. The summed E-state index contributed by atoms with van der Waals surface area (Å²) in [6.45, 7) is 9.58. The normalized spacial score (nSPS) is 11.7. The lowest BCUT2D eigenvalue weighted by Gasteiger charge is -2.33. The van der Waals surface area contributed by atoms with Gasteiger partial charge in [0, 0.05) is 11.6 Å². The van der Waals surface area contributed by atoms with Gasteiger partial charge in [-0.25, -0.2) is 4.79 Å². The maximum absolute atomic E-state index is 12.8. The highest BCUT2D eigenvalue weighted by molar-refractivity contribution is 6.30. The predicted octanol–water partition coefficient (Wildman–Crippen LogP) is 4.16. The third kappa shape index (κ3) is 6.41. The molecule has 0 saturated heterocycles. The Morgan fingerprint density at radius 2 is 1.77 bits per heavy atom. The number of amides is 2. The molecule has 0 spiro atoms. The minimum absolute atomic E-state index is 0.260. The molecule has 0 aliphatic rings. The predicted molar refractivity (Wildman–Crippen MR) is 103 cm³/mol. The number of halogens is 1. The standard InChI is InChI=1S/C19H29ClN2O4/c1-7-19(8-2,12-21-17(24)26-18(3,4)5)22-16(23)14-10-9-13(20)11-15(14)25-6/h9-11H,7-8,12H2,1-6H3,(H,21,24)(H,22,23). The lowest BCUT2D eigenvalue weighted by Crippen LogP contribution is -2.55. The number of carbonyl (C=O) groups is 2. The van der Waals surface area contributed by atoms with E-state index in [1.807, 2.05) is 13.8 Å². The highest BCUT2D eigenvalue weighted by Crippen LogP contribution is 2.24. The third-order valence-corrected chi connectivity index (χ3v) is 4.35. The van der Waals surface area contributed by atoms with E-state index in [9.17, 15) is 9.59 Å². The van der Waals surface area contributed by atoms with Crippen LogP contribution >= 0.6 is 11.6 Å². The van der Waals surface area contributed by atoms with Gasteiger partial charge < -0.3 is 20.1 Å². The smallest absolute Gasteiger partial charge is 0.407 e. The molecule has 0 bridgehead atoms. The van der Waals surface area contributed by atoms with Crippen molar-refractivity contribution in [2.75, 3.05) is 13.7 Å². The molecule has 1 aromatic carbocycles. The highest BCUT2D eigenvalue weighted by atomic mass is 35.5. The molecule has 26 heavy (non-hydrogen) atoms. The van der Waals surface area contributed by atoms with Crippen LogP contribution in [0.3, 0.4) is 0 Å². The van der Waals surface area contributed by atoms with Gasteiger partial charge in [0.05, 0.1) is 18.2 Å². The van der Waals surface area contributed by atoms with E-state index in [1.54, 1.807) is 39.0 Å². The first kappa shape index (κ1) is 22.1. The second kappa shape index (κ2) is 9.12. The molecule has 2 N–H and O–H groups in total. The van der Waals surface area contributed by atoms with E-state index in [1.165, 1.54) is 7.11 Å². The minimum Gasteiger partial charge on any atom is -0.496 e. The second-order valence-electron chi connectivity index (χ2n) is 7.14. The molecule has 146 valence electrons. The summed E-state index contributed by atoms with van der Waals surface area (Å²) in [4.78, 5) is 24.7. The zero-order chi connectivity index (χ0) is 20.0. The van der Waals surface area contributed by atoms with Crippen LogP contribution in [0.15, 0.2) is 18.2 Å². The van der Waals surface area contributed by atoms with E-state index in [2.05, 4.69) is 10.6 Å². The highest BCUT2D eigenvalue weighted by Gasteiger charge is 2.31. The van der Waals surface area contributed by atoms with Crippen LogP contribution in [0.5, 0.6) is 5.75 Å². The molecule has 2 amide bonds. The zero-order valence-electron chi connectivity index (χ0n) is 16.4. The van der Waals surface area contributed by atoms with Gasteiger partial charge in [-0.1, -0.05) is 25.4 Å². The number of nitrogens with one attached hydrogen (secondary N) is 2. The SMILES string of the molecule is CCC(CC)(CNC(=O)OC(C)(C)C)NC(=O)c1ccc(Cl)cc1OC. The Bertz CT molecular complexity index is 637. The van der Waals surface area contributed by atoms with Gasteiger partial charge in [-0.3, -0.25) is 4.79 Å². The first-order chi connectivity index (χ1) is 12.1. The second-order valence-corrected chi connectivity index (χ2v) is 7.58. The summed E-state index contributed by atoms with van der Waals surface area (Å²) < 4.78 is 10.5. The fourth-order valence-corrected chi connectivity index (χ4v) is 2.60. The minimum atomic E-state index is -0.599. The van der Waals surface area contributed by atoms with Gasteiger partial charge >= 0.3 is 6.09 Å². The van der Waals surface area contributed by atoms with Crippen molar-refractivity contribution in [1.29, 1.82) is 0 Å². The average Bonchev–Trinajstić information content (AvgIpc) is 2.56. The van der Waals surface area contributed by atoms with Gasteiger partial charge in [0.1, 0.15) is 11.4 Å². The first-order valence-corrected chi connectivity index (χ1v) is 9.06. The van der Waals surface area contributed by atoms with E-state index >= 15 is 0 Å². The number of hydrogen-bond acceptors (Lipinski definition) is 4. The topological polar surface area (TPSA) is 76.7 Å². The van der Waals surface area contributed by atoms with Crippen molar-refractivity contribution in [3.05, 3.63) is 28.8 Å². The van der Waals surface area contributed by atoms with E-state index < -0.39 is 17.2 Å². The molecule has 7 heteroatoms. The van der Waals surface area contributed by atoms with Gasteiger partial charge in [0.2, 0.25) is 0 Å². The van der Waals surface area contributed by atoms with Gasteiger partial charge in [0.25, 0.3) is 5.91 Å².